The second-order valence-corrected chi connectivity index (χ2v) is 5.32. The Labute approximate surface area is 100 Å². The van der Waals surface area contributed by atoms with E-state index in [0.717, 1.165) is 6.92 Å². The molecule has 0 saturated carbocycles. The van der Waals surface area contributed by atoms with Crippen LogP contribution < -0.4 is 0 Å². The van der Waals surface area contributed by atoms with Gasteiger partial charge in [0.25, 0.3) is 0 Å². The van der Waals surface area contributed by atoms with Gasteiger partial charge in [0.2, 0.25) is 0 Å². The van der Waals surface area contributed by atoms with Crippen LogP contribution in [-0.4, -0.2) is 27.5 Å². The van der Waals surface area contributed by atoms with Crippen LogP contribution in [0, 0.1) is 0 Å². The summed E-state index contributed by atoms with van der Waals surface area (Å²) >= 11 is 0. The molecule has 10 heteroatoms. The highest BCUT2D eigenvalue weighted by Crippen LogP contribution is 2.49. The third-order valence-electron chi connectivity index (χ3n) is 2.13. The largest absolute Gasteiger partial charge is 0.470 e. The molecule has 0 radical (unpaired) electrons. The summed E-state index contributed by atoms with van der Waals surface area (Å²) in [6.07, 6.45) is -7.85. The first kappa shape index (κ1) is 17.8. The predicted octanol–water partition coefficient (Wildman–Crippen LogP) is 3.24. The van der Waals surface area contributed by atoms with Crippen molar-refractivity contribution in [2.24, 2.45) is 0 Å². The van der Waals surface area contributed by atoms with Crippen molar-refractivity contribution in [1.29, 1.82) is 0 Å². The van der Waals surface area contributed by atoms with Crippen LogP contribution in [0.5, 0.6) is 0 Å². The molecule has 2 N–H and O–H groups in total. The fourth-order valence-corrected chi connectivity index (χ4v) is 2.28. The number of hydrogen-bond acceptors (Lipinski definition) is 2. The van der Waals surface area contributed by atoms with Gasteiger partial charge in [-0.15, -0.1) is 0 Å². The van der Waals surface area contributed by atoms with Gasteiger partial charge in [0.15, 0.2) is 0 Å². The maximum atomic E-state index is 12.9. The van der Waals surface area contributed by atoms with Crippen molar-refractivity contribution in [2.45, 2.75) is 50.8 Å². The standard InChI is InChI=1S/C8H14F5O4P/c1-3-4-6(2,17-18(14,15)16)5-7(9,10)8(11,12)13/h3-5H2,1-2H3,(H2,14,15,16). The first-order valence-electron chi connectivity index (χ1n) is 4.93. The highest BCUT2D eigenvalue weighted by molar-refractivity contribution is 7.46. The lowest BCUT2D eigenvalue weighted by molar-refractivity contribution is -0.295. The van der Waals surface area contributed by atoms with Crippen LogP contribution in [0.25, 0.3) is 0 Å². The fourth-order valence-electron chi connectivity index (χ4n) is 1.55. The van der Waals surface area contributed by atoms with Crippen LogP contribution in [0.15, 0.2) is 0 Å². The Morgan fingerprint density at radius 3 is 1.89 bits per heavy atom. The average molecular weight is 300 g/mol. The Morgan fingerprint density at radius 2 is 1.61 bits per heavy atom. The molecule has 0 amide bonds. The number of rotatable bonds is 6. The van der Waals surface area contributed by atoms with E-state index >= 15 is 0 Å². The molecule has 0 bridgehead atoms. The topological polar surface area (TPSA) is 66.8 Å². The lowest BCUT2D eigenvalue weighted by atomic mass is 9.93. The van der Waals surface area contributed by atoms with Crippen molar-refractivity contribution < 1.29 is 40.8 Å². The molecule has 0 fully saturated rings. The Morgan fingerprint density at radius 1 is 1.17 bits per heavy atom. The van der Waals surface area contributed by atoms with E-state index in [-0.39, 0.29) is 12.8 Å². The summed E-state index contributed by atoms with van der Waals surface area (Å²) in [6, 6.07) is 0. The summed E-state index contributed by atoms with van der Waals surface area (Å²) < 4.78 is 76.5. The third-order valence-corrected chi connectivity index (χ3v) is 2.81. The number of alkyl halides is 5. The summed E-state index contributed by atoms with van der Waals surface area (Å²) in [5, 5.41) is 0. The molecule has 0 aromatic heterocycles. The molecule has 0 aromatic rings. The van der Waals surface area contributed by atoms with Crippen LogP contribution in [0.1, 0.15) is 33.1 Å². The van der Waals surface area contributed by atoms with Gasteiger partial charge in [0.1, 0.15) is 0 Å². The molecule has 18 heavy (non-hydrogen) atoms. The van der Waals surface area contributed by atoms with Crippen molar-refractivity contribution in [3.63, 3.8) is 0 Å². The lowest BCUT2D eigenvalue weighted by Crippen LogP contribution is -2.44. The number of hydrogen-bond donors (Lipinski definition) is 2. The maximum absolute atomic E-state index is 12.9. The van der Waals surface area contributed by atoms with Crippen molar-refractivity contribution in [3.05, 3.63) is 0 Å². The zero-order valence-electron chi connectivity index (χ0n) is 9.67. The molecule has 0 heterocycles. The Balaban J connectivity index is 5.09. The van der Waals surface area contributed by atoms with Gasteiger partial charge in [-0.2, -0.15) is 22.0 Å². The monoisotopic (exact) mass is 300 g/mol. The smallest absolute Gasteiger partial charge is 0.303 e. The van der Waals surface area contributed by atoms with Gasteiger partial charge in [-0.25, -0.2) is 4.57 Å². The van der Waals surface area contributed by atoms with E-state index in [1.807, 2.05) is 0 Å². The summed E-state index contributed by atoms with van der Waals surface area (Å²) in [7, 11) is -5.16. The molecule has 0 aliphatic carbocycles. The van der Waals surface area contributed by atoms with Gasteiger partial charge in [0.05, 0.1) is 12.0 Å². The maximum Gasteiger partial charge on any atom is 0.470 e. The van der Waals surface area contributed by atoms with E-state index in [1.54, 1.807) is 0 Å². The van der Waals surface area contributed by atoms with Crippen LogP contribution in [-0.2, 0) is 9.09 Å². The SMILES string of the molecule is CCCC(C)(CC(F)(F)C(F)(F)F)OP(=O)(O)O. The Hall–Kier alpha value is -0.240. The quantitative estimate of drug-likeness (QED) is 0.584. The first-order valence-corrected chi connectivity index (χ1v) is 6.46. The first-order chi connectivity index (χ1) is 7.72. The number of phosphoric ester groups is 1. The van der Waals surface area contributed by atoms with Crippen molar-refractivity contribution in [1.82, 2.24) is 0 Å². The number of phosphoric acid groups is 1. The normalized spacial score (nSPS) is 17.6. The second-order valence-electron chi connectivity index (χ2n) is 4.16. The van der Waals surface area contributed by atoms with Gasteiger partial charge >= 0.3 is 19.9 Å². The Kier molecular flexibility index (Phi) is 5.33. The van der Waals surface area contributed by atoms with E-state index in [4.69, 9.17) is 9.79 Å². The highest BCUT2D eigenvalue weighted by Gasteiger charge is 2.60. The summed E-state index contributed by atoms with van der Waals surface area (Å²) in [5.41, 5.74) is -2.26. The molecular formula is C8H14F5O4P. The summed E-state index contributed by atoms with van der Waals surface area (Å²) in [6.45, 7) is 2.28. The van der Waals surface area contributed by atoms with Crippen molar-refractivity contribution in [3.8, 4) is 0 Å². The lowest BCUT2D eigenvalue weighted by Gasteiger charge is -2.33. The van der Waals surface area contributed by atoms with Crippen LogP contribution >= 0.6 is 7.82 Å². The summed E-state index contributed by atoms with van der Waals surface area (Å²) in [4.78, 5) is 17.1. The van der Waals surface area contributed by atoms with Gasteiger partial charge in [-0.05, 0) is 13.3 Å². The minimum Gasteiger partial charge on any atom is -0.303 e. The second kappa shape index (κ2) is 5.40. The fraction of sp³-hybridized carbons (Fsp3) is 1.00. The van der Waals surface area contributed by atoms with E-state index in [2.05, 4.69) is 4.52 Å². The zero-order chi connectivity index (χ0) is 14.8. The minimum absolute atomic E-state index is 0.129. The molecule has 4 nitrogen and oxygen atoms in total. The molecule has 0 saturated heterocycles. The molecule has 0 rings (SSSR count). The Bertz CT molecular complexity index is 326. The summed E-state index contributed by atoms with van der Waals surface area (Å²) in [5.74, 6) is -5.08. The van der Waals surface area contributed by atoms with E-state index in [9.17, 15) is 26.5 Å². The van der Waals surface area contributed by atoms with Crippen LogP contribution in [0.3, 0.4) is 0 Å². The van der Waals surface area contributed by atoms with Crippen LogP contribution in [0.2, 0.25) is 0 Å². The minimum atomic E-state index is -5.79. The molecule has 0 aliphatic rings. The van der Waals surface area contributed by atoms with Crippen LogP contribution in [0.4, 0.5) is 22.0 Å². The molecule has 0 aliphatic heterocycles. The van der Waals surface area contributed by atoms with Gasteiger partial charge in [0, 0.05) is 0 Å². The molecular weight excluding hydrogens is 286 g/mol. The molecule has 0 spiro atoms. The highest BCUT2D eigenvalue weighted by atomic mass is 31.2. The zero-order valence-corrected chi connectivity index (χ0v) is 10.6. The number of halogens is 5. The van der Waals surface area contributed by atoms with Crippen molar-refractivity contribution >= 4 is 7.82 Å². The van der Waals surface area contributed by atoms with Gasteiger partial charge < -0.3 is 9.79 Å². The predicted molar refractivity (Wildman–Crippen MR) is 52.1 cm³/mol. The molecule has 0 aromatic carbocycles. The van der Waals surface area contributed by atoms with E-state index < -0.39 is 31.9 Å². The van der Waals surface area contributed by atoms with Gasteiger partial charge in [-0.3, -0.25) is 4.52 Å². The van der Waals surface area contributed by atoms with E-state index in [0.29, 0.717) is 0 Å². The van der Waals surface area contributed by atoms with Gasteiger partial charge in [-0.1, -0.05) is 13.3 Å². The molecule has 1 unspecified atom stereocenters. The third kappa shape index (κ3) is 5.60. The van der Waals surface area contributed by atoms with Crippen molar-refractivity contribution in [2.75, 3.05) is 0 Å². The average Bonchev–Trinajstić information content (AvgIpc) is 1.94. The molecule has 110 valence electrons. The molecule has 1 atom stereocenters. The van der Waals surface area contributed by atoms with E-state index in [1.165, 1.54) is 6.92 Å².